The molecule has 1 aliphatic rings. The maximum atomic E-state index is 12.4. The Kier molecular flexibility index (Phi) is 6.04. The molecule has 3 aromatic rings. The summed E-state index contributed by atoms with van der Waals surface area (Å²) >= 11 is 0. The van der Waals surface area contributed by atoms with Gasteiger partial charge in [-0.3, -0.25) is 9.59 Å². The Morgan fingerprint density at radius 2 is 1.34 bits per heavy atom. The fourth-order valence-electron chi connectivity index (χ4n) is 3.91. The molecule has 0 aliphatic heterocycles. The van der Waals surface area contributed by atoms with Gasteiger partial charge in [-0.15, -0.1) is 0 Å². The lowest BCUT2D eigenvalue weighted by atomic mass is 9.86. The van der Waals surface area contributed by atoms with E-state index in [4.69, 9.17) is 9.47 Å². The van der Waals surface area contributed by atoms with E-state index in [1.807, 2.05) is 38.1 Å². The van der Waals surface area contributed by atoms with Gasteiger partial charge in [-0.25, -0.2) is 0 Å². The minimum atomic E-state index is -0.594. The van der Waals surface area contributed by atoms with Crippen molar-refractivity contribution in [2.75, 3.05) is 13.2 Å². The lowest BCUT2D eigenvalue weighted by molar-refractivity contribution is 0.173. The maximum absolute atomic E-state index is 12.4. The van der Waals surface area contributed by atoms with Crippen LogP contribution in [-0.4, -0.2) is 23.4 Å². The fraction of sp³-hybridized carbons (Fsp3) is 0.308. The highest BCUT2D eigenvalue weighted by Crippen LogP contribution is 2.44. The Balaban J connectivity index is 1.80. The van der Waals surface area contributed by atoms with Crippen molar-refractivity contribution < 1.29 is 19.7 Å². The van der Waals surface area contributed by atoms with Crippen LogP contribution in [0.3, 0.4) is 0 Å². The van der Waals surface area contributed by atoms with Gasteiger partial charge in [0.05, 0.1) is 24.4 Å². The molecule has 6 heteroatoms. The lowest BCUT2D eigenvalue weighted by Crippen LogP contribution is -2.34. The van der Waals surface area contributed by atoms with Gasteiger partial charge in [0.1, 0.15) is 0 Å². The van der Waals surface area contributed by atoms with Crippen LogP contribution in [0.2, 0.25) is 0 Å². The Labute approximate surface area is 185 Å². The molecule has 0 atom stereocenters. The smallest absolute Gasteiger partial charge is 0.268 e. The van der Waals surface area contributed by atoms with Crippen LogP contribution in [-0.2, 0) is 4.74 Å². The zero-order valence-corrected chi connectivity index (χ0v) is 18.2. The van der Waals surface area contributed by atoms with Gasteiger partial charge in [0.2, 0.25) is 11.2 Å². The summed E-state index contributed by atoms with van der Waals surface area (Å²) in [5.74, 6) is -0.0785. The highest BCUT2D eigenvalue weighted by molar-refractivity contribution is 6.07. The molecular formula is C26H26O6. The van der Waals surface area contributed by atoms with Gasteiger partial charge < -0.3 is 19.7 Å². The van der Waals surface area contributed by atoms with E-state index in [9.17, 15) is 19.8 Å². The van der Waals surface area contributed by atoms with Crippen LogP contribution in [0, 0.1) is 0 Å². The molecule has 0 bridgehead atoms. The zero-order valence-electron chi connectivity index (χ0n) is 18.2. The van der Waals surface area contributed by atoms with Crippen molar-refractivity contribution in [1.29, 1.82) is 0 Å². The van der Waals surface area contributed by atoms with Gasteiger partial charge in [0, 0.05) is 0 Å². The summed E-state index contributed by atoms with van der Waals surface area (Å²) in [6.07, 6.45) is 3.49. The van der Waals surface area contributed by atoms with Gasteiger partial charge in [-0.2, -0.15) is 0 Å². The third kappa shape index (κ3) is 3.45. The van der Waals surface area contributed by atoms with Crippen LogP contribution in [0.5, 0.6) is 5.75 Å². The second-order valence-electron chi connectivity index (χ2n) is 7.87. The molecule has 166 valence electrons. The number of hydrogen-bond donors (Lipinski definition) is 2. The van der Waals surface area contributed by atoms with Crippen LogP contribution in [0.4, 0.5) is 0 Å². The molecule has 0 amide bonds. The number of ether oxygens (including phenoxy) is 2. The number of rotatable bonds is 10. The third-order valence-electron chi connectivity index (χ3n) is 5.72. The molecule has 1 aliphatic carbocycles. The average molecular weight is 434 g/mol. The predicted octanol–water partition coefficient (Wildman–Crippen LogP) is 5.15. The molecule has 0 saturated carbocycles. The van der Waals surface area contributed by atoms with Gasteiger partial charge in [-0.1, -0.05) is 63.1 Å². The van der Waals surface area contributed by atoms with Crippen LogP contribution in [0.15, 0.2) is 63.3 Å². The second kappa shape index (κ2) is 8.91. The molecule has 0 spiro atoms. The van der Waals surface area contributed by atoms with E-state index in [1.54, 1.807) is 12.1 Å². The Hall–Kier alpha value is -3.54. The minimum absolute atomic E-state index is 0.119. The summed E-state index contributed by atoms with van der Waals surface area (Å²) in [7, 11) is 0. The van der Waals surface area contributed by atoms with Crippen LogP contribution >= 0.6 is 0 Å². The van der Waals surface area contributed by atoms with E-state index in [0.717, 1.165) is 36.5 Å². The normalized spacial score (nSPS) is 13.7. The van der Waals surface area contributed by atoms with Crippen molar-refractivity contribution in [3.05, 3.63) is 79.7 Å². The average Bonchev–Trinajstić information content (AvgIpc) is 2.82. The molecule has 4 rings (SSSR count). The Morgan fingerprint density at radius 1 is 0.750 bits per heavy atom. The van der Waals surface area contributed by atoms with E-state index in [1.165, 1.54) is 0 Å². The first-order valence-corrected chi connectivity index (χ1v) is 11.0. The number of fused-ring (bicyclic) bond motifs is 1. The molecule has 3 aromatic carbocycles. The summed E-state index contributed by atoms with van der Waals surface area (Å²) in [4.78, 5) is 24.6. The highest BCUT2D eigenvalue weighted by atomic mass is 16.5. The molecule has 0 saturated heterocycles. The summed E-state index contributed by atoms with van der Waals surface area (Å²) in [5, 5.41) is 22.0. The Bertz CT molecular complexity index is 1300. The fourth-order valence-corrected chi connectivity index (χ4v) is 3.91. The molecule has 0 aromatic heterocycles. The standard InChI is InChI=1S/C26H26O6/c1-3-5-13-31-25-19(21(27)23(25)29)17-11-12-18(16-10-8-7-9-15(16)17)20-22(28)24(30)26(20)32-14-6-4-2/h7-12,27,29H,3-6,13-14H2,1-2H3. The first-order chi connectivity index (χ1) is 15.5. The van der Waals surface area contributed by atoms with Crippen LogP contribution in [0.1, 0.15) is 45.1 Å². The molecule has 0 radical (unpaired) electrons. The van der Waals surface area contributed by atoms with Crippen LogP contribution in [0.25, 0.3) is 27.5 Å². The summed E-state index contributed by atoms with van der Waals surface area (Å²) in [5.41, 5.74) is 0.869. The van der Waals surface area contributed by atoms with Crippen LogP contribution < -0.4 is 15.6 Å². The number of aliphatic hydroxyl groups excluding tert-OH is 2. The molecule has 6 nitrogen and oxygen atoms in total. The Morgan fingerprint density at radius 3 is 2.00 bits per heavy atom. The van der Waals surface area contributed by atoms with Crippen molar-refractivity contribution in [3.63, 3.8) is 0 Å². The second-order valence-corrected chi connectivity index (χ2v) is 7.87. The van der Waals surface area contributed by atoms with E-state index >= 15 is 0 Å². The van der Waals surface area contributed by atoms with Gasteiger partial charge in [-0.05, 0) is 34.7 Å². The quantitative estimate of drug-likeness (QED) is 0.339. The number of aliphatic hydroxyl groups is 2. The minimum Gasteiger partial charge on any atom is -0.504 e. The first-order valence-electron chi connectivity index (χ1n) is 11.0. The number of hydrogen-bond acceptors (Lipinski definition) is 6. The number of allylic oxidation sites excluding steroid dienone is 1. The van der Waals surface area contributed by atoms with Crippen molar-refractivity contribution in [3.8, 4) is 16.9 Å². The van der Waals surface area contributed by atoms with Crippen molar-refractivity contribution >= 4 is 16.3 Å². The highest BCUT2D eigenvalue weighted by Gasteiger charge is 2.34. The number of benzene rings is 2. The summed E-state index contributed by atoms with van der Waals surface area (Å²) < 4.78 is 11.3. The van der Waals surface area contributed by atoms with E-state index in [0.29, 0.717) is 35.5 Å². The van der Waals surface area contributed by atoms with Crippen molar-refractivity contribution in [2.45, 2.75) is 39.5 Å². The van der Waals surface area contributed by atoms with E-state index in [2.05, 4.69) is 0 Å². The topological polar surface area (TPSA) is 93.1 Å². The SMILES string of the molecule is CCCCOC1=C(c2ccc(-c3c(OCCCC)c(=O)c3=O)c3ccccc23)C(O)=C1O. The molecule has 0 fully saturated rings. The van der Waals surface area contributed by atoms with Crippen molar-refractivity contribution in [2.24, 2.45) is 0 Å². The van der Waals surface area contributed by atoms with Gasteiger partial charge in [0.15, 0.2) is 17.3 Å². The largest absolute Gasteiger partial charge is 0.504 e. The van der Waals surface area contributed by atoms with E-state index in [-0.39, 0.29) is 23.0 Å². The molecular weight excluding hydrogens is 408 g/mol. The van der Waals surface area contributed by atoms with Crippen molar-refractivity contribution in [1.82, 2.24) is 0 Å². The number of unbranched alkanes of at least 4 members (excludes halogenated alkanes) is 2. The van der Waals surface area contributed by atoms with Gasteiger partial charge in [0.25, 0.3) is 5.43 Å². The first kappa shape index (κ1) is 21.7. The summed E-state index contributed by atoms with van der Waals surface area (Å²) in [6.45, 7) is 4.88. The van der Waals surface area contributed by atoms with Gasteiger partial charge >= 0.3 is 0 Å². The summed E-state index contributed by atoms with van der Waals surface area (Å²) in [6, 6.07) is 11.0. The van der Waals surface area contributed by atoms with E-state index < -0.39 is 10.9 Å². The maximum Gasteiger partial charge on any atom is 0.268 e. The monoisotopic (exact) mass is 434 g/mol. The lowest BCUT2D eigenvalue weighted by Gasteiger charge is -2.25. The molecule has 0 heterocycles. The predicted molar refractivity (Wildman–Crippen MR) is 125 cm³/mol. The molecule has 0 unspecified atom stereocenters. The third-order valence-corrected chi connectivity index (χ3v) is 5.72. The zero-order chi connectivity index (χ0) is 22.8. The molecule has 2 N–H and O–H groups in total. The molecule has 32 heavy (non-hydrogen) atoms.